The second kappa shape index (κ2) is 7.96. The van der Waals surface area contributed by atoms with E-state index in [4.69, 9.17) is 5.11 Å². The van der Waals surface area contributed by atoms with Crippen molar-refractivity contribution in [2.24, 2.45) is 5.10 Å². The number of aliphatic carboxylic acids is 1. The normalized spacial score (nSPS) is 10.1. The number of carboxylic acid groups (broad SMARTS) is 1. The van der Waals surface area contributed by atoms with Crippen molar-refractivity contribution in [3.8, 4) is 0 Å². The molecule has 1 heterocycles. The Morgan fingerprint density at radius 1 is 1.45 bits per heavy atom. The maximum Gasteiger partial charge on any atom is 0.322 e. The molecule has 1 aromatic heterocycles. The van der Waals surface area contributed by atoms with Crippen LogP contribution in [0.15, 0.2) is 16.0 Å². The van der Waals surface area contributed by atoms with Crippen LogP contribution in [0.25, 0.3) is 0 Å². The van der Waals surface area contributed by atoms with Crippen LogP contribution in [0.4, 0.5) is 5.82 Å². The molecule has 8 heteroatoms. The van der Waals surface area contributed by atoms with Gasteiger partial charge in [-0.25, -0.2) is 4.68 Å². The second-order valence-corrected chi connectivity index (χ2v) is 4.61. The monoisotopic (exact) mass is 308 g/mol. The van der Waals surface area contributed by atoms with E-state index in [0.717, 1.165) is 12.8 Å². The highest BCUT2D eigenvalue weighted by atomic mass is 16.4. The van der Waals surface area contributed by atoms with E-state index in [0.29, 0.717) is 12.1 Å². The number of aryl methyl sites for hydroxylation is 1. The van der Waals surface area contributed by atoms with Gasteiger partial charge in [-0.1, -0.05) is 13.3 Å². The number of nitrogens with one attached hydrogen (secondary N) is 2. The van der Waals surface area contributed by atoms with Gasteiger partial charge in [0, 0.05) is 25.5 Å². The molecule has 0 fully saturated rings. The van der Waals surface area contributed by atoms with Crippen LogP contribution >= 0.6 is 0 Å². The first-order chi connectivity index (χ1) is 10.5. The molecular formula is C14H20N4O4. The largest absolute Gasteiger partial charge is 0.480 e. The number of pyridine rings is 1. The first-order valence-electron chi connectivity index (χ1n) is 6.89. The number of aromatic nitrogens is 1. The molecule has 0 aromatic carbocycles. The van der Waals surface area contributed by atoms with Crippen molar-refractivity contribution >= 4 is 24.4 Å². The average molecular weight is 308 g/mol. The summed E-state index contributed by atoms with van der Waals surface area (Å²) < 4.78 is 1.40. The molecule has 120 valence electrons. The van der Waals surface area contributed by atoms with Crippen LogP contribution in [0.2, 0.25) is 0 Å². The van der Waals surface area contributed by atoms with E-state index < -0.39 is 23.9 Å². The highest BCUT2D eigenvalue weighted by Crippen LogP contribution is 2.16. The number of carbonyl (C=O) groups is 2. The molecule has 0 bridgehead atoms. The summed E-state index contributed by atoms with van der Waals surface area (Å²) in [4.78, 5) is 34.8. The van der Waals surface area contributed by atoms with Gasteiger partial charge in [-0.15, -0.1) is 0 Å². The van der Waals surface area contributed by atoms with Crippen molar-refractivity contribution in [1.82, 2.24) is 9.99 Å². The molecule has 0 unspecified atom stereocenters. The minimum atomic E-state index is -1.19. The summed E-state index contributed by atoms with van der Waals surface area (Å²) in [5.74, 6) is -1.77. The summed E-state index contributed by atoms with van der Waals surface area (Å²) in [7, 11) is 1.55. The number of hydrogen-bond acceptors (Lipinski definition) is 5. The van der Waals surface area contributed by atoms with E-state index in [1.165, 1.54) is 10.7 Å². The molecule has 3 N–H and O–H groups in total. The SMILES string of the molecule is C=Nn1c(CCCC)cc(=O)c(C(=O)NCC(=O)O)c1NC. The molecule has 1 amide bonds. The van der Waals surface area contributed by atoms with Crippen molar-refractivity contribution in [3.05, 3.63) is 27.5 Å². The molecular weight excluding hydrogens is 288 g/mol. The minimum Gasteiger partial charge on any atom is -0.480 e. The van der Waals surface area contributed by atoms with Crippen LogP contribution in [0.3, 0.4) is 0 Å². The van der Waals surface area contributed by atoms with Crippen LogP contribution < -0.4 is 16.1 Å². The van der Waals surface area contributed by atoms with Gasteiger partial charge in [0.2, 0.25) is 0 Å². The lowest BCUT2D eigenvalue weighted by Crippen LogP contribution is -2.34. The predicted molar refractivity (Wildman–Crippen MR) is 83.8 cm³/mol. The Labute approximate surface area is 127 Å². The number of anilines is 1. The topological polar surface area (TPSA) is 113 Å². The first-order valence-corrected chi connectivity index (χ1v) is 6.89. The Morgan fingerprint density at radius 2 is 2.14 bits per heavy atom. The third-order valence-electron chi connectivity index (χ3n) is 3.06. The van der Waals surface area contributed by atoms with E-state index in [-0.39, 0.29) is 11.4 Å². The number of unbranched alkanes of at least 4 members (excludes halogenated alkanes) is 1. The average Bonchev–Trinajstić information content (AvgIpc) is 2.49. The van der Waals surface area contributed by atoms with Gasteiger partial charge in [0.25, 0.3) is 5.91 Å². The van der Waals surface area contributed by atoms with Crippen LogP contribution in [0.5, 0.6) is 0 Å². The standard InChI is InChI=1S/C14H20N4O4/c1-4-5-6-9-7-10(19)12(13(15-2)18(9)16-3)14(22)17-8-11(20)21/h7,15H,3-6,8H2,1-2H3,(H,17,22)(H,20,21). The summed E-state index contributed by atoms with van der Waals surface area (Å²) >= 11 is 0. The number of rotatable bonds is 8. The van der Waals surface area contributed by atoms with Crippen LogP contribution in [-0.4, -0.2) is 42.0 Å². The van der Waals surface area contributed by atoms with E-state index in [1.807, 2.05) is 6.92 Å². The van der Waals surface area contributed by atoms with E-state index in [1.54, 1.807) is 7.05 Å². The lowest BCUT2D eigenvalue weighted by Gasteiger charge is -2.16. The Bertz CT molecular complexity index is 636. The molecule has 0 saturated heterocycles. The highest BCUT2D eigenvalue weighted by Gasteiger charge is 2.20. The van der Waals surface area contributed by atoms with Gasteiger partial charge in [0.15, 0.2) is 5.43 Å². The first kappa shape index (κ1) is 17.4. The van der Waals surface area contributed by atoms with Gasteiger partial charge in [-0.2, -0.15) is 5.10 Å². The molecule has 0 saturated carbocycles. The molecule has 22 heavy (non-hydrogen) atoms. The number of nitrogens with zero attached hydrogens (tertiary/aromatic N) is 2. The quantitative estimate of drug-likeness (QED) is 0.606. The molecule has 0 aliphatic rings. The van der Waals surface area contributed by atoms with Crippen LogP contribution in [-0.2, 0) is 11.2 Å². The Balaban J connectivity index is 3.33. The van der Waals surface area contributed by atoms with E-state index >= 15 is 0 Å². The van der Waals surface area contributed by atoms with Gasteiger partial charge in [-0.3, -0.25) is 14.4 Å². The Kier molecular flexibility index (Phi) is 6.30. The van der Waals surface area contributed by atoms with Gasteiger partial charge in [-0.05, 0) is 12.8 Å². The predicted octanol–water partition coefficient (Wildman–Crippen LogP) is 0.511. The fraction of sp³-hybridized carbons (Fsp3) is 0.429. The van der Waals surface area contributed by atoms with Crippen molar-refractivity contribution in [2.45, 2.75) is 26.2 Å². The van der Waals surface area contributed by atoms with Crippen molar-refractivity contribution in [1.29, 1.82) is 0 Å². The van der Waals surface area contributed by atoms with Crippen molar-refractivity contribution in [3.63, 3.8) is 0 Å². The maximum atomic E-state index is 12.2. The molecule has 0 atom stereocenters. The van der Waals surface area contributed by atoms with Crippen LogP contribution in [0, 0.1) is 0 Å². The highest BCUT2D eigenvalue weighted by molar-refractivity contribution is 6.00. The number of carboxylic acids is 1. The summed E-state index contributed by atoms with van der Waals surface area (Å²) in [5.41, 5.74) is -0.0318. The molecule has 1 rings (SSSR count). The van der Waals surface area contributed by atoms with Crippen LogP contribution in [0.1, 0.15) is 35.8 Å². The van der Waals surface area contributed by atoms with Crippen molar-refractivity contribution in [2.75, 3.05) is 18.9 Å². The number of amides is 1. The molecule has 0 radical (unpaired) electrons. The third kappa shape index (κ3) is 3.94. The van der Waals surface area contributed by atoms with Gasteiger partial charge < -0.3 is 15.7 Å². The van der Waals surface area contributed by atoms with Gasteiger partial charge >= 0.3 is 5.97 Å². The minimum absolute atomic E-state index is 0.184. The molecule has 0 spiro atoms. The fourth-order valence-electron chi connectivity index (χ4n) is 2.04. The smallest absolute Gasteiger partial charge is 0.322 e. The number of hydrogen-bond donors (Lipinski definition) is 3. The third-order valence-corrected chi connectivity index (χ3v) is 3.06. The fourth-order valence-corrected chi connectivity index (χ4v) is 2.04. The maximum absolute atomic E-state index is 12.2. The van der Waals surface area contributed by atoms with Gasteiger partial charge in [0.1, 0.15) is 17.9 Å². The second-order valence-electron chi connectivity index (χ2n) is 4.61. The van der Waals surface area contributed by atoms with E-state index in [9.17, 15) is 14.4 Å². The molecule has 8 nitrogen and oxygen atoms in total. The zero-order valence-electron chi connectivity index (χ0n) is 12.7. The lowest BCUT2D eigenvalue weighted by atomic mass is 10.1. The Hall–Kier alpha value is -2.64. The van der Waals surface area contributed by atoms with E-state index in [2.05, 4.69) is 22.5 Å². The summed E-state index contributed by atoms with van der Waals surface area (Å²) in [6.45, 7) is 4.91. The Morgan fingerprint density at radius 3 is 2.64 bits per heavy atom. The lowest BCUT2D eigenvalue weighted by molar-refractivity contribution is -0.135. The van der Waals surface area contributed by atoms with Gasteiger partial charge in [0.05, 0.1) is 0 Å². The summed E-state index contributed by atoms with van der Waals surface area (Å²) in [6.07, 6.45) is 2.43. The summed E-state index contributed by atoms with van der Waals surface area (Å²) in [6, 6.07) is 1.33. The zero-order chi connectivity index (χ0) is 16.7. The summed E-state index contributed by atoms with van der Waals surface area (Å²) in [5, 5.41) is 17.4. The molecule has 1 aromatic rings. The number of carbonyl (C=O) groups excluding carboxylic acids is 1. The van der Waals surface area contributed by atoms with Crippen molar-refractivity contribution < 1.29 is 14.7 Å². The molecule has 0 aliphatic carbocycles. The zero-order valence-corrected chi connectivity index (χ0v) is 12.7. The molecule has 0 aliphatic heterocycles.